The number of carbonyl (C=O) groups is 1. The van der Waals surface area contributed by atoms with Crippen LogP contribution in [0.1, 0.15) is 33.6 Å². The highest BCUT2D eigenvalue weighted by atomic mass is 35.5. The van der Waals surface area contributed by atoms with Crippen molar-refractivity contribution in [1.82, 2.24) is 5.32 Å². The van der Waals surface area contributed by atoms with Crippen LogP contribution in [-0.4, -0.2) is 23.2 Å². The second-order valence-corrected chi connectivity index (χ2v) is 6.52. The average Bonchev–Trinajstić information content (AvgIpc) is 2.37. The molecular weight excluding hydrogens is 327 g/mol. The van der Waals surface area contributed by atoms with Gasteiger partial charge in [-0.05, 0) is 57.6 Å². The third-order valence-electron chi connectivity index (χ3n) is 2.44. The summed E-state index contributed by atoms with van der Waals surface area (Å²) in [6, 6.07) is 4.25. The fourth-order valence-electron chi connectivity index (χ4n) is 1.58. The Hall–Kier alpha value is -1.40. The molecule has 2 N–H and O–H groups in total. The number of ether oxygens (including phenoxy) is 1. The van der Waals surface area contributed by atoms with E-state index < -0.39 is 11.4 Å². The number of carbonyl (C=O) groups excluding carboxylic acids is 1. The number of halogens is 2. The highest BCUT2D eigenvalue weighted by molar-refractivity contribution is 7.80. The summed E-state index contributed by atoms with van der Waals surface area (Å²) in [5.41, 5.74) is 0.125. The summed E-state index contributed by atoms with van der Waals surface area (Å²) in [7, 11) is 0. The molecule has 0 fully saturated rings. The Labute approximate surface area is 140 Å². The van der Waals surface area contributed by atoms with Crippen molar-refractivity contribution in [2.75, 3.05) is 11.9 Å². The molecule has 0 aromatic heterocycles. The summed E-state index contributed by atoms with van der Waals surface area (Å²) in [4.78, 5) is 11.5. The van der Waals surface area contributed by atoms with Gasteiger partial charge in [-0.2, -0.15) is 0 Å². The number of esters is 1. The zero-order valence-electron chi connectivity index (χ0n) is 12.8. The van der Waals surface area contributed by atoms with Gasteiger partial charge in [0.05, 0.1) is 5.02 Å². The van der Waals surface area contributed by atoms with Crippen LogP contribution < -0.4 is 10.6 Å². The number of hydrogen-bond donors (Lipinski definition) is 2. The summed E-state index contributed by atoms with van der Waals surface area (Å²) in [6.45, 7) is 6.02. The van der Waals surface area contributed by atoms with Gasteiger partial charge in [0.25, 0.3) is 0 Å². The standard InChI is InChI=1S/C15H20ClFN2O2S/c1-15(2,3)21-13(20)5-4-8-18-14(22)19-10-6-7-12(17)11(16)9-10/h6-7,9H,4-5,8H2,1-3H3,(H2,18,19,22). The number of thiocarbonyl (C=S) groups is 1. The predicted octanol–water partition coefficient (Wildman–Crippen LogP) is 3.89. The predicted molar refractivity (Wildman–Crippen MR) is 90.7 cm³/mol. The molecule has 22 heavy (non-hydrogen) atoms. The van der Waals surface area contributed by atoms with Crippen molar-refractivity contribution < 1.29 is 13.9 Å². The summed E-state index contributed by atoms with van der Waals surface area (Å²) in [5.74, 6) is -0.720. The van der Waals surface area contributed by atoms with Crippen molar-refractivity contribution in [1.29, 1.82) is 0 Å². The molecule has 0 aliphatic rings. The molecule has 1 rings (SSSR count). The maximum atomic E-state index is 13.0. The van der Waals surface area contributed by atoms with Crippen LogP contribution >= 0.6 is 23.8 Å². The number of anilines is 1. The Morgan fingerprint density at radius 3 is 2.68 bits per heavy atom. The van der Waals surface area contributed by atoms with E-state index in [1.54, 1.807) is 0 Å². The molecular formula is C15H20ClFN2O2S. The average molecular weight is 347 g/mol. The number of rotatable bonds is 5. The van der Waals surface area contributed by atoms with E-state index in [4.69, 9.17) is 28.6 Å². The van der Waals surface area contributed by atoms with Gasteiger partial charge >= 0.3 is 5.97 Å². The minimum atomic E-state index is -0.483. The molecule has 0 atom stereocenters. The summed E-state index contributed by atoms with van der Waals surface area (Å²) < 4.78 is 18.2. The van der Waals surface area contributed by atoms with Gasteiger partial charge in [-0.3, -0.25) is 4.79 Å². The molecule has 1 aromatic carbocycles. The second-order valence-electron chi connectivity index (χ2n) is 5.70. The molecule has 0 spiro atoms. The molecule has 0 bridgehead atoms. The lowest BCUT2D eigenvalue weighted by atomic mass is 10.2. The van der Waals surface area contributed by atoms with Gasteiger partial charge < -0.3 is 15.4 Å². The van der Waals surface area contributed by atoms with Crippen molar-refractivity contribution in [3.05, 3.63) is 29.0 Å². The fourth-order valence-corrected chi connectivity index (χ4v) is 1.98. The first-order chi connectivity index (χ1) is 10.2. The van der Waals surface area contributed by atoms with Crippen LogP contribution in [0.4, 0.5) is 10.1 Å². The van der Waals surface area contributed by atoms with Gasteiger partial charge in [-0.15, -0.1) is 0 Å². The zero-order valence-corrected chi connectivity index (χ0v) is 14.4. The lowest BCUT2D eigenvalue weighted by Gasteiger charge is -2.19. The molecule has 1 aromatic rings. The van der Waals surface area contributed by atoms with Gasteiger partial charge in [0.1, 0.15) is 11.4 Å². The molecule has 0 amide bonds. The van der Waals surface area contributed by atoms with Gasteiger partial charge in [0, 0.05) is 18.7 Å². The topological polar surface area (TPSA) is 50.4 Å². The van der Waals surface area contributed by atoms with Crippen LogP contribution in [-0.2, 0) is 9.53 Å². The highest BCUT2D eigenvalue weighted by Gasteiger charge is 2.15. The van der Waals surface area contributed by atoms with Crippen LogP contribution in [0.3, 0.4) is 0 Å². The smallest absolute Gasteiger partial charge is 0.306 e. The maximum absolute atomic E-state index is 13.0. The highest BCUT2D eigenvalue weighted by Crippen LogP contribution is 2.19. The minimum absolute atomic E-state index is 0.0257. The van der Waals surface area contributed by atoms with Gasteiger partial charge in [0.2, 0.25) is 0 Å². The van der Waals surface area contributed by atoms with Crippen LogP contribution in [0.25, 0.3) is 0 Å². The molecule has 4 nitrogen and oxygen atoms in total. The van der Waals surface area contributed by atoms with Gasteiger partial charge in [0.15, 0.2) is 5.11 Å². The van der Waals surface area contributed by atoms with E-state index in [1.807, 2.05) is 20.8 Å². The van der Waals surface area contributed by atoms with Crippen LogP contribution in [0.2, 0.25) is 5.02 Å². The van der Waals surface area contributed by atoms with Crippen LogP contribution in [0, 0.1) is 5.82 Å². The molecule has 7 heteroatoms. The molecule has 0 radical (unpaired) electrons. The fraction of sp³-hybridized carbons (Fsp3) is 0.467. The molecule has 0 heterocycles. The largest absolute Gasteiger partial charge is 0.460 e. The monoisotopic (exact) mass is 346 g/mol. The van der Waals surface area contributed by atoms with E-state index in [9.17, 15) is 9.18 Å². The van der Waals surface area contributed by atoms with Crippen molar-refractivity contribution >= 4 is 40.6 Å². The zero-order chi connectivity index (χ0) is 16.8. The third-order valence-corrected chi connectivity index (χ3v) is 2.98. The Kier molecular flexibility index (Phi) is 7.03. The Morgan fingerprint density at radius 2 is 2.09 bits per heavy atom. The van der Waals surface area contributed by atoms with E-state index in [1.165, 1.54) is 18.2 Å². The Bertz CT molecular complexity index is 547. The van der Waals surface area contributed by atoms with E-state index in [0.29, 0.717) is 30.2 Å². The van der Waals surface area contributed by atoms with E-state index >= 15 is 0 Å². The van der Waals surface area contributed by atoms with Crippen molar-refractivity contribution in [3.63, 3.8) is 0 Å². The number of nitrogens with one attached hydrogen (secondary N) is 2. The maximum Gasteiger partial charge on any atom is 0.306 e. The van der Waals surface area contributed by atoms with E-state index in [0.717, 1.165) is 0 Å². The van der Waals surface area contributed by atoms with E-state index in [-0.39, 0.29) is 11.0 Å². The molecule has 0 saturated carbocycles. The van der Waals surface area contributed by atoms with Gasteiger partial charge in [-0.1, -0.05) is 11.6 Å². The van der Waals surface area contributed by atoms with Gasteiger partial charge in [-0.25, -0.2) is 4.39 Å². The lowest BCUT2D eigenvalue weighted by Crippen LogP contribution is -2.30. The first kappa shape index (κ1) is 18.6. The molecule has 0 unspecified atom stereocenters. The lowest BCUT2D eigenvalue weighted by molar-refractivity contribution is -0.154. The van der Waals surface area contributed by atoms with Crippen molar-refractivity contribution in [2.45, 2.75) is 39.2 Å². The number of hydrogen-bond acceptors (Lipinski definition) is 3. The molecule has 0 saturated heterocycles. The Morgan fingerprint density at radius 1 is 1.41 bits per heavy atom. The van der Waals surface area contributed by atoms with E-state index in [2.05, 4.69) is 10.6 Å². The molecule has 122 valence electrons. The quantitative estimate of drug-likeness (QED) is 0.481. The SMILES string of the molecule is CC(C)(C)OC(=O)CCCNC(=S)Nc1ccc(F)c(Cl)c1. The van der Waals surface area contributed by atoms with Crippen LogP contribution in [0.15, 0.2) is 18.2 Å². The van der Waals surface area contributed by atoms with Crippen molar-refractivity contribution in [2.24, 2.45) is 0 Å². The van der Waals surface area contributed by atoms with Crippen LogP contribution in [0.5, 0.6) is 0 Å². The normalized spacial score (nSPS) is 11.0. The molecule has 0 aliphatic carbocycles. The number of benzene rings is 1. The minimum Gasteiger partial charge on any atom is -0.460 e. The summed E-state index contributed by atoms with van der Waals surface area (Å²) in [6.07, 6.45) is 0.913. The Balaban J connectivity index is 2.26. The second kappa shape index (κ2) is 8.29. The summed E-state index contributed by atoms with van der Waals surface area (Å²) >= 11 is 10.8. The first-order valence-electron chi connectivity index (χ1n) is 6.89. The summed E-state index contributed by atoms with van der Waals surface area (Å²) in [5, 5.41) is 6.26. The van der Waals surface area contributed by atoms with Crippen molar-refractivity contribution in [3.8, 4) is 0 Å². The first-order valence-corrected chi connectivity index (χ1v) is 7.68. The molecule has 0 aliphatic heterocycles. The third kappa shape index (κ3) is 7.56.